The van der Waals surface area contributed by atoms with Gasteiger partial charge in [0.25, 0.3) is 5.91 Å². The highest BCUT2D eigenvalue weighted by Gasteiger charge is 2.24. The molecule has 0 unspecified atom stereocenters. The number of carbonyl (C=O) groups excluding carboxylic acids is 2. The minimum Gasteiger partial charge on any atom is -0.365 e. The smallest absolute Gasteiger partial charge is 0.254 e. The molecular weight excluding hydrogens is 302 g/mol. The van der Waals surface area contributed by atoms with Gasteiger partial charge in [0.05, 0.1) is 4.24 Å². The predicted molar refractivity (Wildman–Crippen MR) is 81.8 cm³/mol. The third-order valence-corrected chi connectivity index (χ3v) is 5.21. The molecule has 1 aromatic rings. The van der Waals surface area contributed by atoms with Crippen molar-refractivity contribution in [2.75, 3.05) is 5.08 Å². The molecule has 1 aliphatic heterocycles. The number of benzene rings is 1. The fourth-order valence-corrected chi connectivity index (χ4v) is 3.17. The van der Waals surface area contributed by atoms with E-state index in [9.17, 15) is 9.59 Å². The molecule has 1 aromatic carbocycles. The number of thioether (sulfide) groups is 2. The summed E-state index contributed by atoms with van der Waals surface area (Å²) in [6.45, 7) is 0. The van der Waals surface area contributed by atoms with Crippen LogP contribution in [0.15, 0.2) is 40.2 Å². The molecule has 1 fully saturated rings. The van der Waals surface area contributed by atoms with Gasteiger partial charge in [-0.2, -0.15) is 0 Å². The van der Waals surface area contributed by atoms with Gasteiger partial charge in [0.15, 0.2) is 5.78 Å². The van der Waals surface area contributed by atoms with Crippen molar-refractivity contribution in [3.63, 3.8) is 0 Å². The fraction of sp³-hybridized carbons (Fsp3) is 0.0769. The first kappa shape index (κ1) is 14.2. The fourth-order valence-electron chi connectivity index (χ4n) is 1.41. The van der Waals surface area contributed by atoms with Crippen molar-refractivity contribution < 1.29 is 9.59 Å². The lowest BCUT2D eigenvalue weighted by Crippen LogP contribution is -2.21. The average molecular weight is 312 g/mol. The van der Waals surface area contributed by atoms with Crippen LogP contribution in [0.2, 0.25) is 5.02 Å². The summed E-state index contributed by atoms with van der Waals surface area (Å²) in [4.78, 5) is 23.3. The Morgan fingerprint density at radius 2 is 1.84 bits per heavy atom. The van der Waals surface area contributed by atoms with Gasteiger partial charge in [-0.25, -0.2) is 0 Å². The van der Waals surface area contributed by atoms with Crippen LogP contribution in [0.4, 0.5) is 0 Å². The zero-order valence-corrected chi connectivity index (χ0v) is 12.1. The molecule has 1 aliphatic rings. The number of rotatable bonds is 4. The summed E-state index contributed by atoms with van der Waals surface area (Å²) < 4.78 is 0.707. The first-order valence-electron chi connectivity index (χ1n) is 5.35. The Morgan fingerprint density at radius 1 is 1.21 bits per heavy atom. The molecule has 1 heterocycles. The van der Waals surface area contributed by atoms with E-state index in [-0.39, 0.29) is 11.4 Å². The molecule has 0 saturated carbocycles. The summed E-state index contributed by atoms with van der Waals surface area (Å²) in [5.74, 6) is -1.04. The molecule has 2 N–H and O–H groups in total. The van der Waals surface area contributed by atoms with Crippen LogP contribution in [0.3, 0.4) is 0 Å². The molecule has 0 bridgehead atoms. The lowest BCUT2D eigenvalue weighted by atomic mass is 10.1. The van der Waals surface area contributed by atoms with Gasteiger partial charge in [0.1, 0.15) is 5.57 Å². The summed E-state index contributed by atoms with van der Waals surface area (Å²) in [6, 6.07) is 7.04. The summed E-state index contributed by atoms with van der Waals surface area (Å²) in [6.07, 6.45) is 2.99. The Hall–Kier alpha value is -1.17. The molecule has 1 amide bonds. The highest BCUT2D eigenvalue weighted by Crippen LogP contribution is 2.45. The molecule has 0 atom stereocenters. The number of ketones is 1. The molecule has 1 saturated heterocycles. The summed E-state index contributed by atoms with van der Waals surface area (Å²) in [5, 5.41) is 1.48. The van der Waals surface area contributed by atoms with Crippen LogP contribution < -0.4 is 5.73 Å². The number of hydrogen-bond acceptors (Lipinski definition) is 4. The van der Waals surface area contributed by atoms with Gasteiger partial charge in [-0.15, -0.1) is 23.5 Å². The second-order valence-electron chi connectivity index (χ2n) is 3.68. The number of nitrogens with two attached hydrogens (primary N) is 1. The molecule has 98 valence electrons. The Kier molecular flexibility index (Phi) is 4.74. The van der Waals surface area contributed by atoms with Crippen LogP contribution in [0.5, 0.6) is 0 Å². The van der Waals surface area contributed by atoms with Gasteiger partial charge in [-0.1, -0.05) is 29.8 Å². The predicted octanol–water partition coefficient (Wildman–Crippen LogP) is 3.06. The van der Waals surface area contributed by atoms with E-state index in [2.05, 4.69) is 0 Å². The Balaban J connectivity index is 2.16. The molecule has 0 spiro atoms. The van der Waals surface area contributed by atoms with E-state index < -0.39 is 5.91 Å². The van der Waals surface area contributed by atoms with Crippen LogP contribution in [-0.2, 0) is 9.59 Å². The third kappa shape index (κ3) is 3.65. The Labute approximate surface area is 124 Å². The van der Waals surface area contributed by atoms with Gasteiger partial charge in [0.2, 0.25) is 0 Å². The van der Waals surface area contributed by atoms with Crippen molar-refractivity contribution in [2.24, 2.45) is 5.73 Å². The quantitative estimate of drug-likeness (QED) is 0.527. The topological polar surface area (TPSA) is 60.2 Å². The maximum absolute atomic E-state index is 12.0. The molecule has 2 rings (SSSR count). The highest BCUT2D eigenvalue weighted by atomic mass is 35.5. The first-order valence-corrected chi connectivity index (χ1v) is 7.70. The van der Waals surface area contributed by atoms with Gasteiger partial charge in [0, 0.05) is 10.1 Å². The number of carbonyl (C=O) groups is 2. The number of allylic oxidation sites excluding steroid dienone is 1. The highest BCUT2D eigenvalue weighted by molar-refractivity contribution is 8.37. The van der Waals surface area contributed by atoms with Crippen molar-refractivity contribution in [1.29, 1.82) is 0 Å². The Morgan fingerprint density at radius 3 is 2.32 bits per heavy atom. The van der Waals surface area contributed by atoms with Crippen LogP contribution in [0.1, 0.15) is 5.56 Å². The van der Waals surface area contributed by atoms with Crippen molar-refractivity contribution in [1.82, 2.24) is 0 Å². The van der Waals surface area contributed by atoms with Crippen LogP contribution in [0.25, 0.3) is 6.08 Å². The van der Waals surface area contributed by atoms with Crippen molar-refractivity contribution in [2.45, 2.75) is 0 Å². The average Bonchev–Trinajstić information content (AvgIpc) is 2.32. The molecule has 0 radical (unpaired) electrons. The van der Waals surface area contributed by atoms with Crippen molar-refractivity contribution in [3.8, 4) is 0 Å². The monoisotopic (exact) mass is 311 g/mol. The number of hydrogen-bond donors (Lipinski definition) is 1. The summed E-state index contributed by atoms with van der Waals surface area (Å²) >= 11 is 8.70. The maximum Gasteiger partial charge on any atom is 0.254 e. The number of halogens is 1. The van der Waals surface area contributed by atoms with E-state index >= 15 is 0 Å². The lowest BCUT2D eigenvalue weighted by Gasteiger charge is -2.17. The van der Waals surface area contributed by atoms with Gasteiger partial charge >= 0.3 is 0 Å². The van der Waals surface area contributed by atoms with Gasteiger partial charge < -0.3 is 5.73 Å². The summed E-state index contributed by atoms with van der Waals surface area (Å²) in [5.41, 5.74) is 6.15. The van der Waals surface area contributed by atoms with Gasteiger partial charge in [-0.05, 0) is 23.8 Å². The minimum absolute atomic E-state index is 0.0754. The largest absolute Gasteiger partial charge is 0.365 e. The van der Waals surface area contributed by atoms with E-state index in [1.165, 1.54) is 29.6 Å². The normalized spacial score (nSPS) is 14.3. The lowest BCUT2D eigenvalue weighted by molar-refractivity contribution is -0.118. The second-order valence-corrected chi connectivity index (χ2v) is 6.71. The van der Waals surface area contributed by atoms with E-state index in [4.69, 9.17) is 17.3 Å². The van der Waals surface area contributed by atoms with Crippen LogP contribution in [0, 0.1) is 0 Å². The van der Waals surface area contributed by atoms with E-state index in [0.29, 0.717) is 9.26 Å². The van der Waals surface area contributed by atoms with Gasteiger partial charge in [-0.3, -0.25) is 9.59 Å². The second kappa shape index (κ2) is 6.32. The van der Waals surface area contributed by atoms with Crippen LogP contribution >= 0.6 is 35.1 Å². The Bertz CT molecular complexity index is 573. The molecule has 19 heavy (non-hydrogen) atoms. The van der Waals surface area contributed by atoms with E-state index in [1.807, 2.05) is 0 Å². The maximum atomic E-state index is 12.0. The third-order valence-electron chi connectivity index (χ3n) is 2.37. The molecular formula is C13H10ClNO2S2. The number of amides is 1. The van der Waals surface area contributed by atoms with Crippen molar-refractivity contribution >= 4 is 52.9 Å². The molecule has 3 nitrogen and oxygen atoms in total. The van der Waals surface area contributed by atoms with Crippen LogP contribution in [-0.4, -0.2) is 16.8 Å². The SMILES string of the molecule is NC(=O)C(C(=O)C=Cc1ccc(Cl)cc1)=C1SCS1. The molecule has 0 aromatic heterocycles. The zero-order chi connectivity index (χ0) is 13.8. The number of primary amides is 1. The van der Waals surface area contributed by atoms with E-state index in [0.717, 1.165) is 10.6 Å². The van der Waals surface area contributed by atoms with E-state index in [1.54, 1.807) is 30.3 Å². The standard InChI is InChI=1S/C13H10ClNO2S2/c14-9-4-1-8(2-5-9)3-6-10(16)11(12(15)17)13-18-7-19-13/h1-6H,7H2,(H2,15,17). The zero-order valence-electron chi connectivity index (χ0n) is 9.76. The minimum atomic E-state index is -0.680. The molecule has 6 heteroatoms. The summed E-state index contributed by atoms with van der Waals surface area (Å²) in [7, 11) is 0. The van der Waals surface area contributed by atoms with Crippen molar-refractivity contribution in [3.05, 3.63) is 50.7 Å². The molecule has 0 aliphatic carbocycles. The first-order chi connectivity index (χ1) is 9.08.